The molecule has 134 valence electrons. The third-order valence-corrected chi connectivity index (χ3v) is 6.99. The van der Waals surface area contributed by atoms with E-state index in [9.17, 15) is 5.26 Å². The SMILES string of the molecule is BC1(B)OC(N)=N[C@]12c1cc(C#N)ccc1C[C@]21CC[C@@H](OC)[C@H](C)C1. The van der Waals surface area contributed by atoms with Crippen molar-refractivity contribution in [3.05, 3.63) is 34.9 Å². The zero-order chi connectivity index (χ0) is 18.7. The largest absolute Gasteiger partial charge is 0.475 e. The quantitative estimate of drug-likeness (QED) is 0.745. The summed E-state index contributed by atoms with van der Waals surface area (Å²) >= 11 is 0. The fourth-order valence-corrected chi connectivity index (χ4v) is 6.11. The van der Waals surface area contributed by atoms with Gasteiger partial charge in [0.05, 0.1) is 23.1 Å². The summed E-state index contributed by atoms with van der Waals surface area (Å²) in [7, 11) is 5.97. The van der Waals surface area contributed by atoms with E-state index in [0.717, 1.165) is 31.2 Å². The Morgan fingerprint density at radius 1 is 1.42 bits per heavy atom. The second-order valence-corrected chi connectivity index (χ2v) is 8.71. The minimum atomic E-state index is -0.559. The molecule has 1 aliphatic heterocycles. The molecular formula is C19H25B2N3O2. The van der Waals surface area contributed by atoms with Crippen molar-refractivity contribution >= 4 is 21.7 Å². The summed E-state index contributed by atoms with van der Waals surface area (Å²) in [5.74, 6) is 0.434. The number of aliphatic imine (C=N–C) groups is 1. The number of rotatable bonds is 1. The van der Waals surface area contributed by atoms with Crippen molar-refractivity contribution in [2.45, 2.75) is 49.6 Å². The van der Waals surface area contributed by atoms with Crippen LogP contribution in [0.2, 0.25) is 0 Å². The molecule has 2 N–H and O–H groups in total. The van der Waals surface area contributed by atoms with Gasteiger partial charge in [0.2, 0.25) is 0 Å². The number of hydrogen-bond acceptors (Lipinski definition) is 5. The third-order valence-electron chi connectivity index (χ3n) is 6.99. The summed E-state index contributed by atoms with van der Waals surface area (Å²) in [4.78, 5) is 4.97. The Kier molecular flexibility index (Phi) is 3.72. The molecule has 2 aliphatic carbocycles. The van der Waals surface area contributed by atoms with Gasteiger partial charge < -0.3 is 15.2 Å². The van der Waals surface area contributed by atoms with Crippen molar-refractivity contribution in [3.8, 4) is 6.07 Å². The number of methoxy groups -OCH3 is 1. The highest BCUT2D eigenvalue weighted by Crippen LogP contribution is 2.65. The lowest BCUT2D eigenvalue weighted by Crippen LogP contribution is -2.60. The van der Waals surface area contributed by atoms with Crippen LogP contribution >= 0.6 is 0 Å². The van der Waals surface area contributed by atoms with Crippen LogP contribution in [0.3, 0.4) is 0 Å². The molecule has 7 heteroatoms. The molecule has 1 heterocycles. The van der Waals surface area contributed by atoms with E-state index in [-0.39, 0.29) is 17.5 Å². The van der Waals surface area contributed by atoms with Crippen LogP contribution in [0.4, 0.5) is 0 Å². The van der Waals surface area contributed by atoms with Gasteiger partial charge >= 0.3 is 0 Å². The van der Waals surface area contributed by atoms with Gasteiger partial charge in [0, 0.05) is 12.5 Å². The molecule has 0 amide bonds. The molecule has 0 aromatic heterocycles. The third kappa shape index (κ3) is 2.05. The Hall–Kier alpha value is -1.93. The summed E-state index contributed by atoms with van der Waals surface area (Å²) in [5.41, 5.74) is 8.53. The number of nitrogens with two attached hydrogens (primary N) is 1. The van der Waals surface area contributed by atoms with Crippen molar-refractivity contribution in [1.82, 2.24) is 0 Å². The maximum Gasteiger partial charge on any atom is 0.282 e. The van der Waals surface area contributed by atoms with Crippen LogP contribution in [-0.2, 0) is 21.4 Å². The van der Waals surface area contributed by atoms with Gasteiger partial charge in [0.1, 0.15) is 5.54 Å². The Bertz CT molecular complexity index is 835. The van der Waals surface area contributed by atoms with E-state index in [1.165, 1.54) is 5.56 Å². The van der Waals surface area contributed by atoms with Gasteiger partial charge in [-0.2, -0.15) is 5.26 Å². The summed E-state index contributed by atoms with van der Waals surface area (Å²) in [5, 5.41) is 8.87. The minimum Gasteiger partial charge on any atom is -0.475 e. The second-order valence-electron chi connectivity index (χ2n) is 8.71. The number of benzene rings is 1. The van der Waals surface area contributed by atoms with Crippen molar-refractivity contribution in [2.75, 3.05) is 7.11 Å². The number of fused-ring (bicyclic) bond motifs is 3. The molecule has 4 atom stereocenters. The number of hydrogen-bond donors (Lipinski definition) is 1. The molecule has 1 aromatic carbocycles. The standard InChI is InChI=1S/C19H25B2N3O2/c1-11-8-17(6-5-15(11)25-2)9-13-4-3-12(10-22)7-14(13)18(17)19(20,21)26-16(23)24-18/h3-4,7,11,15H,5-6,8-9,20-21H2,1-2H3,(H2,23,24)/t11-,15-,17-,18+/m1/s1. The fraction of sp³-hybridized carbons (Fsp3) is 0.579. The van der Waals surface area contributed by atoms with Gasteiger partial charge in [-0.1, -0.05) is 13.0 Å². The lowest BCUT2D eigenvalue weighted by Gasteiger charge is -2.53. The first-order valence-electron chi connectivity index (χ1n) is 9.39. The Morgan fingerprint density at radius 3 is 2.77 bits per heavy atom. The van der Waals surface area contributed by atoms with E-state index in [0.29, 0.717) is 11.5 Å². The molecule has 1 saturated carbocycles. The molecule has 5 nitrogen and oxygen atoms in total. The van der Waals surface area contributed by atoms with Crippen LogP contribution in [0.1, 0.15) is 42.9 Å². The van der Waals surface area contributed by atoms with Crippen LogP contribution in [0.15, 0.2) is 23.2 Å². The van der Waals surface area contributed by atoms with Crippen molar-refractivity contribution in [3.63, 3.8) is 0 Å². The Labute approximate surface area is 156 Å². The molecule has 0 radical (unpaired) electrons. The average molecular weight is 349 g/mol. The highest BCUT2D eigenvalue weighted by molar-refractivity contribution is 6.41. The second kappa shape index (κ2) is 5.53. The summed E-state index contributed by atoms with van der Waals surface area (Å²) in [6, 6.07) is 8.54. The first-order chi connectivity index (χ1) is 12.3. The van der Waals surface area contributed by atoms with E-state index < -0.39 is 10.9 Å². The highest BCUT2D eigenvalue weighted by atomic mass is 16.5. The van der Waals surface area contributed by atoms with Crippen LogP contribution in [0.5, 0.6) is 0 Å². The molecule has 1 aromatic rings. The molecule has 26 heavy (non-hydrogen) atoms. The summed E-state index contributed by atoms with van der Waals surface area (Å²) in [6.07, 6.45) is 4.24. The number of nitriles is 1. The Balaban J connectivity index is 1.93. The van der Waals surface area contributed by atoms with Crippen LogP contribution in [0, 0.1) is 22.7 Å². The number of nitrogens with zero attached hydrogens (tertiary/aromatic N) is 2. The molecule has 3 aliphatic rings. The van der Waals surface area contributed by atoms with Crippen molar-refractivity contribution in [1.29, 1.82) is 5.26 Å². The summed E-state index contributed by atoms with van der Waals surface area (Å²) < 4.78 is 11.8. The maximum atomic E-state index is 9.43. The molecule has 0 saturated heterocycles. The lowest BCUT2D eigenvalue weighted by atomic mass is 9.44. The number of ether oxygens (including phenoxy) is 2. The molecular weight excluding hydrogens is 324 g/mol. The van der Waals surface area contributed by atoms with E-state index in [1.54, 1.807) is 7.11 Å². The maximum absolute atomic E-state index is 9.43. The predicted octanol–water partition coefficient (Wildman–Crippen LogP) is 0.396. The zero-order valence-corrected chi connectivity index (χ0v) is 16.0. The normalized spacial score (nSPS) is 37.2. The molecule has 4 rings (SSSR count). The smallest absolute Gasteiger partial charge is 0.282 e. The van der Waals surface area contributed by atoms with Gasteiger partial charge in [-0.25, -0.2) is 4.99 Å². The van der Waals surface area contributed by atoms with Crippen LogP contribution < -0.4 is 5.73 Å². The van der Waals surface area contributed by atoms with Gasteiger partial charge in [0.25, 0.3) is 6.02 Å². The van der Waals surface area contributed by atoms with Gasteiger partial charge in [0.15, 0.2) is 15.7 Å². The molecule has 0 bridgehead atoms. The monoisotopic (exact) mass is 349 g/mol. The molecule has 0 unspecified atom stereocenters. The van der Waals surface area contributed by atoms with Gasteiger partial charge in [-0.15, -0.1) is 0 Å². The Morgan fingerprint density at radius 2 is 2.19 bits per heavy atom. The van der Waals surface area contributed by atoms with Gasteiger partial charge in [-0.3, -0.25) is 0 Å². The van der Waals surface area contributed by atoms with Crippen LogP contribution in [-0.4, -0.2) is 40.3 Å². The van der Waals surface area contributed by atoms with E-state index in [4.69, 9.17) is 20.2 Å². The predicted molar refractivity (Wildman–Crippen MR) is 105 cm³/mol. The highest BCUT2D eigenvalue weighted by Gasteiger charge is 2.68. The topological polar surface area (TPSA) is 80.6 Å². The van der Waals surface area contributed by atoms with Gasteiger partial charge in [-0.05, 0) is 54.9 Å². The first-order valence-corrected chi connectivity index (χ1v) is 9.39. The van der Waals surface area contributed by atoms with E-state index in [1.807, 2.05) is 12.1 Å². The van der Waals surface area contributed by atoms with E-state index in [2.05, 4.69) is 34.8 Å². The molecule has 1 fully saturated rings. The summed E-state index contributed by atoms with van der Waals surface area (Å²) in [6.45, 7) is 2.27. The number of amidine groups is 1. The van der Waals surface area contributed by atoms with Crippen LogP contribution in [0.25, 0.3) is 0 Å². The first kappa shape index (κ1) is 17.5. The molecule has 2 spiro atoms. The lowest BCUT2D eigenvalue weighted by molar-refractivity contribution is -0.0559. The minimum absolute atomic E-state index is 0.0670. The fourth-order valence-electron chi connectivity index (χ4n) is 6.11. The van der Waals surface area contributed by atoms with Crippen molar-refractivity contribution < 1.29 is 9.47 Å². The zero-order valence-electron chi connectivity index (χ0n) is 16.0. The van der Waals surface area contributed by atoms with E-state index >= 15 is 0 Å². The average Bonchev–Trinajstić information content (AvgIpc) is 2.99. The van der Waals surface area contributed by atoms with Crippen molar-refractivity contribution in [2.24, 2.45) is 22.1 Å².